The normalized spacial score (nSPS) is 12.6. The highest BCUT2D eigenvalue weighted by molar-refractivity contribution is 6.00. The van der Waals surface area contributed by atoms with Crippen molar-refractivity contribution >= 4 is 5.78 Å². The van der Waals surface area contributed by atoms with Crippen LogP contribution >= 0.6 is 0 Å². The number of Topliss-reactive ketones (excluding diaryl/α,β-unsaturated/α-hetero) is 1. The van der Waals surface area contributed by atoms with Gasteiger partial charge in [0.25, 0.3) is 0 Å². The summed E-state index contributed by atoms with van der Waals surface area (Å²) in [6.07, 6.45) is 2.83. The van der Waals surface area contributed by atoms with E-state index >= 15 is 0 Å². The maximum Gasteiger partial charge on any atom is 0.219 e. The zero-order valence-corrected chi connectivity index (χ0v) is 15.4. The molecule has 0 N–H and O–H groups in total. The van der Waals surface area contributed by atoms with Crippen molar-refractivity contribution in [2.24, 2.45) is 0 Å². The molecule has 0 atom stereocenters. The number of hydrogen-bond acceptors (Lipinski definition) is 5. The second-order valence-corrected chi connectivity index (χ2v) is 6.68. The summed E-state index contributed by atoms with van der Waals surface area (Å²) >= 11 is 0. The van der Waals surface area contributed by atoms with Crippen LogP contribution in [0.1, 0.15) is 39.0 Å². The molecule has 5 nitrogen and oxygen atoms in total. The Bertz CT molecular complexity index is 1080. The van der Waals surface area contributed by atoms with Crippen LogP contribution in [0.15, 0.2) is 54.7 Å². The Balaban J connectivity index is 1.55. The Hall–Kier alpha value is -3.65. The number of fused-ring (bicyclic) bond motifs is 1. The summed E-state index contributed by atoms with van der Waals surface area (Å²) < 4.78 is 11.7. The molecule has 2 heterocycles. The predicted octanol–water partition coefficient (Wildman–Crippen LogP) is 4.61. The van der Waals surface area contributed by atoms with Gasteiger partial charge < -0.3 is 9.47 Å². The number of carbonyl (C=O) groups is 1. The predicted molar refractivity (Wildman–Crippen MR) is 104 cm³/mol. The fourth-order valence-corrected chi connectivity index (χ4v) is 3.23. The second kappa shape index (κ2) is 7.53. The SMILES string of the molecule is Cc1c(Oc2cc(Cc3ccc(C#N)cc3)ccn2)ccc2c1OCCC2=O. The van der Waals surface area contributed by atoms with Gasteiger partial charge in [0.05, 0.1) is 23.8 Å². The molecule has 1 aliphatic rings. The number of pyridine rings is 1. The molecule has 0 unspecified atom stereocenters. The summed E-state index contributed by atoms with van der Waals surface area (Å²) in [4.78, 5) is 16.3. The lowest BCUT2D eigenvalue weighted by atomic mass is 10.0. The molecular weight excluding hydrogens is 352 g/mol. The molecule has 138 valence electrons. The summed E-state index contributed by atoms with van der Waals surface area (Å²) in [6.45, 7) is 2.28. The number of ketones is 1. The topological polar surface area (TPSA) is 72.2 Å². The lowest BCUT2D eigenvalue weighted by Gasteiger charge is -2.20. The average molecular weight is 370 g/mol. The smallest absolute Gasteiger partial charge is 0.219 e. The van der Waals surface area contributed by atoms with Crippen molar-refractivity contribution in [3.63, 3.8) is 0 Å². The van der Waals surface area contributed by atoms with Gasteiger partial charge in [-0.3, -0.25) is 4.79 Å². The van der Waals surface area contributed by atoms with Crippen LogP contribution in [0.2, 0.25) is 0 Å². The molecular formula is C23H18N2O3. The maximum atomic E-state index is 12.0. The molecule has 0 radical (unpaired) electrons. The molecule has 3 aromatic rings. The van der Waals surface area contributed by atoms with Gasteiger partial charge in [0, 0.05) is 24.2 Å². The Morgan fingerprint density at radius 3 is 2.75 bits per heavy atom. The molecule has 0 saturated carbocycles. The first kappa shape index (κ1) is 17.7. The molecule has 0 aliphatic carbocycles. The third-order valence-electron chi connectivity index (χ3n) is 4.74. The lowest BCUT2D eigenvalue weighted by Crippen LogP contribution is -2.16. The summed E-state index contributed by atoms with van der Waals surface area (Å²) in [7, 11) is 0. The highest BCUT2D eigenvalue weighted by Crippen LogP contribution is 2.36. The quantitative estimate of drug-likeness (QED) is 0.670. The average Bonchev–Trinajstić information content (AvgIpc) is 2.71. The Morgan fingerprint density at radius 2 is 1.96 bits per heavy atom. The van der Waals surface area contributed by atoms with Gasteiger partial charge in [0.1, 0.15) is 11.5 Å². The molecule has 0 bridgehead atoms. The van der Waals surface area contributed by atoms with E-state index in [1.54, 1.807) is 18.3 Å². The molecule has 5 heteroatoms. The van der Waals surface area contributed by atoms with E-state index in [-0.39, 0.29) is 5.78 Å². The number of ether oxygens (including phenoxy) is 2. The number of rotatable bonds is 4. The molecule has 0 fully saturated rings. The number of nitrogens with zero attached hydrogens (tertiary/aromatic N) is 2. The van der Waals surface area contributed by atoms with Crippen LogP contribution in [0.4, 0.5) is 0 Å². The van der Waals surface area contributed by atoms with E-state index in [9.17, 15) is 4.79 Å². The summed E-state index contributed by atoms with van der Waals surface area (Å²) in [6, 6.07) is 17.0. The largest absolute Gasteiger partial charge is 0.492 e. The molecule has 2 aromatic carbocycles. The molecule has 0 spiro atoms. The first-order valence-electron chi connectivity index (χ1n) is 9.05. The molecule has 1 aliphatic heterocycles. The van der Waals surface area contributed by atoms with Gasteiger partial charge in [0.15, 0.2) is 5.78 Å². The van der Waals surface area contributed by atoms with Crippen LogP contribution in [-0.2, 0) is 6.42 Å². The van der Waals surface area contributed by atoms with E-state index in [1.165, 1.54) is 0 Å². The van der Waals surface area contributed by atoms with Gasteiger partial charge in [-0.25, -0.2) is 4.98 Å². The van der Waals surface area contributed by atoms with Gasteiger partial charge in [-0.15, -0.1) is 0 Å². The van der Waals surface area contributed by atoms with Crippen molar-refractivity contribution in [2.45, 2.75) is 19.8 Å². The highest BCUT2D eigenvalue weighted by atomic mass is 16.5. The van der Waals surface area contributed by atoms with Crippen LogP contribution in [0, 0.1) is 18.3 Å². The van der Waals surface area contributed by atoms with Crippen LogP contribution in [0.25, 0.3) is 0 Å². The third kappa shape index (κ3) is 3.58. The summed E-state index contributed by atoms with van der Waals surface area (Å²) in [5.74, 6) is 1.80. The standard InChI is InChI=1S/C23H18N2O3/c1-15-21(7-6-19-20(26)9-11-27-23(15)19)28-22-13-18(8-10-25-22)12-16-2-4-17(14-24)5-3-16/h2-8,10,13H,9,11-12H2,1H3. The van der Waals surface area contributed by atoms with E-state index in [0.29, 0.717) is 48.0 Å². The molecule has 1 aromatic heterocycles. The minimum atomic E-state index is 0.0958. The van der Waals surface area contributed by atoms with Gasteiger partial charge >= 0.3 is 0 Å². The lowest BCUT2D eigenvalue weighted by molar-refractivity contribution is 0.0932. The van der Waals surface area contributed by atoms with E-state index in [2.05, 4.69) is 11.1 Å². The van der Waals surface area contributed by atoms with Crippen molar-refractivity contribution < 1.29 is 14.3 Å². The monoisotopic (exact) mass is 370 g/mol. The zero-order valence-electron chi connectivity index (χ0n) is 15.4. The Labute approximate surface area is 163 Å². The molecule has 28 heavy (non-hydrogen) atoms. The second-order valence-electron chi connectivity index (χ2n) is 6.68. The van der Waals surface area contributed by atoms with Crippen molar-refractivity contribution in [1.82, 2.24) is 4.98 Å². The number of hydrogen-bond donors (Lipinski definition) is 0. The number of nitriles is 1. The van der Waals surface area contributed by atoms with Crippen molar-refractivity contribution in [3.8, 4) is 23.4 Å². The van der Waals surface area contributed by atoms with Crippen molar-refractivity contribution in [3.05, 3.63) is 82.5 Å². The third-order valence-corrected chi connectivity index (χ3v) is 4.74. The van der Waals surface area contributed by atoms with Crippen LogP contribution in [-0.4, -0.2) is 17.4 Å². The van der Waals surface area contributed by atoms with E-state index in [1.807, 2.05) is 43.3 Å². The van der Waals surface area contributed by atoms with Crippen molar-refractivity contribution in [2.75, 3.05) is 6.61 Å². The van der Waals surface area contributed by atoms with Crippen LogP contribution in [0.3, 0.4) is 0 Å². The van der Waals surface area contributed by atoms with Crippen LogP contribution in [0.5, 0.6) is 17.4 Å². The minimum absolute atomic E-state index is 0.0958. The molecule has 4 rings (SSSR count). The fourth-order valence-electron chi connectivity index (χ4n) is 3.23. The van der Waals surface area contributed by atoms with E-state index in [4.69, 9.17) is 14.7 Å². The molecule has 0 saturated heterocycles. The van der Waals surface area contributed by atoms with E-state index in [0.717, 1.165) is 16.7 Å². The fraction of sp³-hybridized carbons (Fsp3) is 0.174. The zero-order chi connectivity index (χ0) is 19.5. The highest BCUT2D eigenvalue weighted by Gasteiger charge is 2.22. The van der Waals surface area contributed by atoms with Gasteiger partial charge in [0.2, 0.25) is 5.88 Å². The molecule has 0 amide bonds. The first-order valence-corrected chi connectivity index (χ1v) is 9.05. The van der Waals surface area contributed by atoms with Crippen LogP contribution < -0.4 is 9.47 Å². The minimum Gasteiger partial charge on any atom is -0.492 e. The number of aromatic nitrogens is 1. The Morgan fingerprint density at radius 1 is 1.14 bits per heavy atom. The van der Waals surface area contributed by atoms with Gasteiger partial charge in [-0.2, -0.15) is 5.26 Å². The van der Waals surface area contributed by atoms with E-state index < -0.39 is 0 Å². The number of carbonyl (C=O) groups excluding carboxylic acids is 1. The first-order chi connectivity index (χ1) is 13.6. The Kier molecular flexibility index (Phi) is 4.77. The summed E-state index contributed by atoms with van der Waals surface area (Å²) in [5, 5.41) is 8.90. The van der Waals surface area contributed by atoms with Gasteiger partial charge in [-0.1, -0.05) is 12.1 Å². The van der Waals surface area contributed by atoms with Gasteiger partial charge in [-0.05, 0) is 54.8 Å². The summed E-state index contributed by atoms with van der Waals surface area (Å²) in [5.41, 5.74) is 4.21. The van der Waals surface area contributed by atoms with Crippen molar-refractivity contribution in [1.29, 1.82) is 5.26 Å². The number of benzene rings is 2. The maximum absolute atomic E-state index is 12.0.